The van der Waals surface area contributed by atoms with E-state index in [2.05, 4.69) is 0 Å². The molecule has 1 unspecified atom stereocenters. The molecule has 2 aromatic rings. The molecular weight excluding hydrogens is 340 g/mol. The first-order valence-corrected chi connectivity index (χ1v) is 9.11. The molecule has 0 saturated carbocycles. The number of hydrogen-bond donors (Lipinski definition) is 0. The number of rotatable bonds is 3. The molecule has 27 heavy (non-hydrogen) atoms. The fourth-order valence-corrected chi connectivity index (χ4v) is 4.69. The molecule has 5 nitrogen and oxygen atoms in total. The van der Waals surface area contributed by atoms with E-state index in [0.29, 0.717) is 12.2 Å². The summed E-state index contributed by atoms with van der Waals surface area (Å²) in [5.74, 6) is -1.69. The Labute approximate surface area is 156 Å². The Morgan fingerprint density at radius 2 is 1.41 bits per heavy atom. The minimum absolute atomic E-state index is 0.0919. The molecule has 0 N–H and O–H groups in total. The highest BCUT2D eigenvalue weighted by Crippen LogP contribution is 2.47. The van der Waals surface area contributed by atoms with Crippen molar-refractivity contribution in [3.8, 4) is 0 Å². The molecule has 2 amide bonds. The van der Waals surface area contributed by atoms with Crippen LogP contribution in [0.2, 0.25) is 0 Å². The number of fused-ring (bicyclic) bond motifs is 5. The molecule has 5 rings (SSSR count). The largest absolute Gasteiger partial charge is 0.293 e. The second-order valence-electron chi connectivity index (χ2n) is 7.25. The smallest absolute Gasteiger partial charge is 0.239 e. The van der Waals surface area contributed by atoms with Gasteiger partial charge < -0.3 is 0 Å². The van der Waals surface area contributed by atoms with E-state index in [1.807, 2.05) is 41.3 Å². The SMILES string of the molecule is O=C1C=C[C@H]2[C@@H]3C(=O)N(c4ccccc4)C(=O)C3[C@@H]1N2Cc1ccccc1. The molecule has 0 spiro atoms. The van der Waals surface area contributed by atoms with E-state index in [0.717, 1.165) is 5.56 Å². The number of carbonyl (C=O) groups excluding carboxylic acids is 3. The lowest BCUT2D eigenvalue weighted by Crippen LogP contribution is -2.48. The highest BCUT2D eigenvalue weighted by molar-refractivity contribution is 6.24. The Morgan fingerprint density at radius 3 is 2.11 bits per heavy atom. The number of nitrogens with zero attached hydrogens (tertiary/aromatic N) is 2. The maximum absolute atomic E-state index is 13.2. The molecule has 0 aromatic heterocycles. The number of hydrogen-bond acceptors (Lipinski definition) is 4. The Hall–Kier alpha value is -3.05. The van der Waals surface area contributed by atoms with Crippen molar-refractivity contribution in [1.82, 2.24) is 4.90 Å². The van der Waals surface area contributed by atoms with Crippen LogP contribution in [0.4, 0.5) is 5.69 Å². The van der Waals surface area contributed by atoms with E-state index in [4.69, 9.17) is 0 Å². The third-order valence-corrected chi connectivity index (χ3v) is 5.82. The number of ketones is 1. The van der Waals surface area contributed by atoms with Crippen LogP contribution in [0, 0.1) is 11.8 Å². The predicted molar refractivity (Wildman–Crippen MR) is 99.6 cm³/mol. The van der Waals surface area contributed by atoms with Gasteiger partial charge in [0.25, 0.3) is 0 Å². The second-order valence-corrected chi connectivity index (χ2v) is 7.25. The van der Waals surface area contributed by atoms with E-state index in [-0.39, 0.29) is 23.6 Å². The van der Waals surface area contributed by atoms with E-state index >= 15 is 0 Å². The van der Waals surface area contributed by atoms with Gasteiger partial charge >= 0.3 is 0 Å². The fraction of sp³-hybridized carbons (Fsp3) is 0.227. The zero-order valence-electron chi connectivity index (χ0n) is 14.6. The maximum Gasteiger partial charge on any atom is 0.239 e. The summed E-state index contributed by atoms with van der Waals surface area (Å²) < 4.78 is 0. The van der Waals surface area contributed by atoms with Gasteiger partial charge in [-0.15, -0.1) is 0 Å². The molecule has 0 aliphatic carbocycles. The van der Waals surface area contributed by atoms with Crippen molar-refractivity contribution >= 4 is 23.3 Å². The number of para-hydroxylation sites is 1. The van der Waals surface area contributed by atoms with Crippen LogP contribution in [0.25, 0.3) is 0 Å². The number of anilines is 1. The van der Waals surface area contributed by atoms with E-state index in [1.165, 1.54) is 4.90 Å². The molecule has 2 bridgehead atoms. The standard InChI is InChI=1S/C22H18N2O3/c25-17-12-11-16-18-19(20(17)23(16)13-14-7-3-1-4-8-14)22(27)24(21(18)26)15-9-5-2-6-10-15/h1-12,16,18-20H,13H2/t16-,18-,19?,20+/m0/s1. The van der Waals surface area contributed by atoms with Crippen molar-refractivity contribution in [2.45, 2.75) is 18.6 Å². The lowest BCUT2D eigenvalue weighted by Gasteiger charge is -2.33. The highest BCUT2D eigenvalue weighted by atomic mass is 16.2. The van der Waals surface area contributed by atoms with E-state index < -0.39 is 17.9 Å². The van der Waals surface area contributed by atoms with Crippen molar-refractivity contribution in [3.05, 3.63) is 78.4 Å². The Morgan fingerprint density at radius 1 is 0.778 bits per heavy atom. The topological polar surface area (TPSA) is 57.7 Å². The van der Waals surface area contributed by atoms with Crippen LogP contribution in [-0.4, -0.2) is 34.6 Å². The van der Waals surface area contributed by atoms with E-state index in [9.17, 15) is 14.4 Å². The van der Waals surface area contributed by atoms with Crippen molar-refractivity contribution in [2.75, 3.05) is 4.90 Å². The van der Waals surface area contributed by atoms with Crippen LogP contribution in [0.5, 0.6) is 0 Å². The van der Waals surface area contributed by atoms with Gasteiger partial charge in [-0.05, 0) is 23.8 Å². The molecule has 134 valence electrons. The van der Waals surface area contributed by atoms with Crippen molar-refractivity contribution in [3.63, 3.8) is 0 Å². The quantitative estimate of drug-likeness (QED) is 0.789. The van der Waals surface area contributed by atoms with Crippen LogP contribution in [-0.2, 0) is 20.9 Å². The summed E-state index contributed by atoms with van der Waals surface area (Å²) in [5.41, 5.74) is 1.64. The molecule has 3 heterocycles. The molecule has 5 heteroatoms. The Balaban J connectivity index is 1.53. The van der Waals surface area contributed by atoms with Gasteiger partial charge in [0.2, 0.25) is 11.8 Å². The molecule has 4 atom stereocenters. The van der Waals surface area contributed by atoms with Gasteiger partial charge in [0.1, 0.15) is 0 Å². The summed E-state index contributed by atoms with van der Waals surface area (Å²) in [4.78, 5) is 42.3. The third-order valence-electron chi connectivity index (χ3n) is 5.82. The number of carbonyl (C=O) groups is 3. The van der Waals surface area contributed by atoms with Crippen molar-refractivity contribution < 1.29 is 14.4 Å². The average Bonchev–Trinajstić information content (AvgIpc) is 3.07. The lowest BCUT2D eigenvalue weighted by atomic mass is 9.90. The van der Waals surface area contributed by atoms with Gasteiger partial charge in [-0.3, -0.25) is 19.3 Å². The summed E-state index contributed by atoms with van der Waals surface area (Å²) in [5, 5.41) is 0. The monoisotopic (exact) mass is 358 g/mol. The maximum atomic E-state index is 13.2. The minimum Gasteiger partial charge on any atom is -0.293 e. The number of imide groups is 1. The van der Waals surface area contributed by atoms with Crippen LogP contribution < -0.4 is 4.90 Å². The molecule has 2 aromatic carbocycles. The predicted octanol–water partition coefficient (Wildman–Crippen LogP) is 2.18. The molecule has 3 aliphatic rings. The molecule has 2 saturated heterocycles. The summed E-state index contributed by atoms with van der Waals surface area (Å²) in [6, 6.07) is 18.0. The molecule has 3 aliphatic heterocycles. The Bertz CT molecular complexity index is 952. The normalized spacial score (nSPS) is 29.5. The summed E-state index contributed by atoms with van der Waals surface area (Å²) in [7, 11) is 0. The summed E-state index contributed by atoms with van der Waals surface area (Å²) in [6.07, 6.45) is 3.34. The zero-order chi connectivity index (χ0) is 18.5. The lowest BCUT2D eigenvalue weighted by molar-refractivity contribution is -0.129. The first-order chi connectivity index (χ1) is 13.2. The molecule has 0 radical (unpaired) electrons. The fourth-order valence-electron chi connectivity index (χ4n) is 4.69. The van der Waals surface area contributed by atoms with Gasteiger partial charge in [0.05, 0.1) is 23.6 Å². The minimum atomic E-state index is -0.617. The average molecular weight is 358 g/mol. The van der Waals surface area contributed by atoms with Crippen molar-refractivity contribution in [2.24, 2.45) is 11.8 Å². The van der Waals surface area contributed by atoms with E-state index in [1.54, 1.807) is 36.4 Å². The van der Waals surface area contributed by atoms with Crippen LogP contribution >= 0.6 is 0 Å². The van der Waals surface area contributed by atoms with Gasteiger partial charge in [-0.25, -0.2) is 4.90 Å². The van der Waals surface area contributed by atoms with Crippen LogP contribution in [0.3, 0.4) is 0 Å². The van der Waals surface area contributed by atoms with Gasteiger partial charge in [-0.1, -0.05) is 54.6 Å². The van der Waals surface area contributed by atoms with Crippen LogP contribution in [0.15, 0.2) is 72.8 Å². The highest BCUT2D eigenvalue weighted by Gasteiger charge is 2.64. The van der Waals surface area contributed by atoms with Gasteiger partial charge in [0.15, 0.2) is 5.78 Å². The van der Waals surface area contributed by atoms with Gasteiger partial charge in [-0.2, -0.15) is 0 Å². The first-order valence-electron chi connectivity index (χ1n) is 9.11. The first kappa shape index (κ1) is 16.1. The molecular formula is C22H18N2O3. The summed E-state index contributed by atoms with van der Waals surface area (Å²) in [6.45, 7) is 0.547. The van der Waals surface area contributed by atoms with Crippen LogP contribution in [0.1, 0.15) is 5.56 Å². The number of amides is 2. The summed E-state index contributed by atoms with van der Waals surface area (Å²) >= 11 is 0. The van der Waals surface area contributed by atoms with Crippen molar-refractivity contribution in [1.29, 1.82) is 0 Å². The zero-order valence-corrected chi connectivity index (χ0v) is 14.6. The Kier molecular flexibility index (Phi) is 3.58. The number of benzene rings is 2. The third kappa shape index (κ3) is 2.32. The molecule has 2 fully saturated rings. The second kappa shape index (κ2) is 5.99. The van der Waals surface area contributed by atoms with Gasteiger partial charge in [0, 0.05) is 12.6 Å².